The number of amides is 1. The van der Waals surface area contributed by atoms with Crippen LogP contribution in [-0.2, 0) is 29.2 Å². The summed E-state index contributed by atoms with van der Waals surface area (Å²) in [4.78, 5) is 36.0. The van der Waals surface area contributed by atoms with Crippen LogP contribution in [0.15, 0.2) is 4.79 Å². The van der Waals surface area contributed by atoms with Gasteiger partial charge < -0.3 is 9.84 Å². The van der Waals surface area contributed by atoms with Crippen molar-refractivity contribution in [1.82, 2.24) is 14.7 Å². The molecule has 1 aliphatic rings. The van der Waals surface area contributed by atoms with Crippen molar-refractivity contribution in [2.45, 2.75) is 52.4 Å². The van der Waals surface area contributed by atoms with Crippen LogP contribution in [0.25, 0.3) is 0 Å². The second-order valence-corrected chi connectivity index (χ2v) is 6.01. The van der Waals surface area contributed by atoms with E-state index in [0.29, 0.717) is 11.3 Å². The molecule has 0 bridgehead atoms. The van der Waals surface area contributed by atoms with E-state index in [1.54, 1.807) is 20.8 Å². The minimum atomic E-state index is -0.966. The van der Waals surface area contributed by atoms with Gasteiger partial charge in [-0.05, 0) is 20.8 Å². The second-order valence-electron chi connectivity index (χ2n) is 6.01. The molecule has 0 atom stereocenters. The molecule has 1 aromatic heterocycles. The van der Waals surface area contributed by atoms with Crippen molar-refractivity contribution < 1.29 is 19.4 Å². The number of carboxylic acid groups (broad SMARTS) is 1. The number of aromatic amines is 1. The number of H-pyrrole nitrogens is 1. The SMILES string of the molecule is CC(C)(C)OC(=O)N1Cc2[nH]n(CCC(=O)O)c(=O)c2C1. The molecule has 8 heteroatoms. The van der Waals surface area contributed by atoms with Crippen LogP contribution in [-0.4, -0.2) is 37.5 Å². The number of aromatic nitrogens is 2. The molecule has 8 nitrogen and oxygen atoms in total. The van der Waals surface area contributed by atoms with Gasteiger partial charge in [0.15, 0.2) is 0 Å². The highest BCUT2D eigenvalue weighted by Crippen LogP contribution is 2.21. The van der Waals surface area contributed by atoms with Crippen molar-refractivity contribution in [1.29, 1.82) is 0 Å². The Morgan fingerprint density at radius 1 is 1.33 bits per heavy atom. The standard InChI is InChI=1S/C13H19N3O5/c1-13(2,3)21-12(20)15-6-8-9(7-15)14-16(11(8)19)5-4-10(17)18/h14H,4-7H2,1-3H3,(H,17,18). The summed E-state index contributed by atoms with van der Waals surface area (Å²) in [6, 6.07) is 0. The zero-order chi connectivity index (χ0) is 15.8. The van der Waals surface area contributed by atoms with Crippen molar-refractivity contribution in [3.05, 3.63) is 21.6 Å². The Balaban J connectivity index is 2.06. The molecule has 2 heterocycles. The van der Waals surface area contributed by atoms with Gasteiger partial charge in [0.05, 0.1) is 37.3 Å². The lowest BCUT2D eigenvalue weighted by Gasteiger charge is -2.24. The zero-order valence-corrected chi connectivity index (χ0v) is 12.3. The molecule has 0 spiro atoms. The molecule has 0 fully saturated rings. The molecule has 1 aromatic rings. The molecule has 1 aliphatic heterocycles. The van der Waals surface area contributed by atoms with Gasteiger partial charge in [0.1, 0.15) is 5.60 Å². The monoisotopic (exact) mass is 297 g/mol. The van der Waals surface area contributed by atoms with Gasteiger partial charge >= 0.3 is 12.1 Å². The van der Waals surface area contributed by atoms with Gasteiger partial charge in [-0.3, -0.25) is 24.3 Å². The summed E-state index contributed by atoms with van der Waals surface area (Å²) in [6.45, 7) is 5.87. The van der Waals surface area contributed by atoms with Gasteiger partial charge in [-0.25, -0.2) is 4.79 Å². The highest BCUT2D eigenvalue weighted by atomic mass is 16.6. The molecule has 0 aromatic carbocycles. The Morgan fingerprint density at radius 3 is 2.52 bits per heavy atom. The van der Waals surface area contributed by atoms with E-state index in [1.165, 1.54) is 9.58 Å². The van der Waals surface area contributed by atoms with Crippen molar-refractivity contribution in [3.63, 3.8) is 0 Å². The van der Waals surface area contributed by atoms with Crippen LogP contribution in [0.4, 0.5) is 4.79 Å². The average molecular weight is 297 g/mol. The highest BCUT2D eigenvalue weighted by molar-refractivity contribution is 5.69. The Labute approximate surface area is 121 Å². The van der Waals surface area contributed by atoms with Crippen LogP contribution in [0.1, 0.15) is 38.4 Å². The molecule has 2 rings (SSSR count). The fourth-order valence-electron chi connectivity index (χ4n) is 2.13. The second kappa shape index (κ2) is 5.27. The van der Waals surface area contributed by atoms with E-state index in [4.69, 9.17) is 9.84 Å². The van der Waals surface area contributed by atoms with Gasteiger partial charge in [-0.15, -0.1) is 0 Å². The molecule has 0 aliphatic carbocycles. The number of aryl methyl sites for hydroxylation is 1. The Bertz CT molecular complexity index is 623. The summed E-state index contributed by atoms with van der Waals surface area (Å²) >= 11 is 0. The Kier molecular flexibility index (Phi) is 3.80. The summed E-state index contributed by atoms with van der Waals surface area (Å²) in [5.41, 5.74) is 0.259. The molecule has 0 unspecified atom stereocenters. The molecule has 116 valence electrons. The molecular formula is C13H19N3O5. The molecule has 21 heavy (non-hydrogen) atoms. The first-order chi connectivity index (χ1) is 9.67. The number of carbonyl (C=O) groups excluding carboxylic acids is 1. The zero-order valence-electron chi connectivity index (χ0n) is 12.3. The van der Waals surface area contributed by atoms with Gasteiger partial charge in [0.25, 0.3) is 5.56 Å². The minimum Gasteiger partial charge on any atom is -0.481 e. The maximum absolute atomic E-state index is 12.1. The molecule has 2 N–H and O–H groups in total. The first kappa shape index (κ1) is 15.1. The maximum atomic E-state index is 12.1. The Morgan fingerprint density at radius 2 is 2.00 bits per heavy atom. The molecule has 0 saturated carbocycles. The predicted octanol–water partition coefficient (Wildman–Crippen LogP) is 0.902. The van der Waals surface area contributed by atoms with Gasteiger partial charge in [-0.2, -0.15) is 0 Å². The number of hydrogen-bond acceptors (Lipinski definition) is 4. The number of fused-ring (bicyclic) bond motifs is 1. The van der Waals surface area contributed by atoms with Crippen molar-refractivity contribution in [3.8, 4) is 0 Å². The van der Waals surface area contributed by atoms with E-state index in [-0.39, 0.29) is 31.6 Å². The van der Waals surface area contributed by atoms with E-state index in [1.807, 2.05) is 0 Å². The third-order valence-electron chi connectivity index (χ3n) is 3.04. The third-order valence-corrected chi connectivity index (χ3v) is 3.04. The van der Waals surface area contributed by atoms with Crippen molar-refractivity contribution in [2.24, 2.45) is 0 Å². The number of carboxylic acids is 1. The van der Waals surface area contributed by atoms with Crippen LogP contribution in [0, 0.1) is 0 Å². The maximum Gasteiger partial charge on any atom is 0.410 e. The molecule has 1 amide bonds. The summed E-state index contributed by atoms with van der Waals surface area (Å²) in [7, 11) is 0. The number of nitrogens with zero attached hydrogens (tertiary/aromatic N) is 2. The lowest BCUT2D eigenvalue weighted by Crippen LogP contribution is -2.34. The fourth-order valence-corrected chi connectivity index (χ4v) is 2.13. The lowest BCUT2D eigenvalue weighted by molar-refractivity contribution is -0.137. The number of ether oxygens (including phenoxy) is 1. The number of rotatable bonds is 3. The summed E-state index contributed by atoms with van der Waals surface area (Å²) < 4.78 is 6.53. The number of nitrogens with one attached hydrogen (secondary N) is 1. The normalized spacial score (nSPS) is 14.1. The van der Waals surface area contributed by atoms with E-state index in [0.717, 1.165) is 0 Å². The first-order valence-corrected chi connectivity index (χ1v) is 6.67. The van der Waals surface area contributed by atoms with Gasteiger partial charge in [0.2, 0.25) is 0 Å². The van der Waals surface area contributed by atoms with Crippen LogP contribution in [0.3, 0.4) is 0 Å². The lowest BCUT2D eigenvalue weighted by atomic mass is 10.2. The van der Waals surface area contributed by atoms with E-state index in [9.17, 15) is 14.4 Å². The summed E-state index contributed by atoms with van der Waals surface area (Å²) in [5.74, 6) is -0.966. The number of hydrogen-bond donors (Lipinski definition) is 2. The van der Waals surface area contributed by atoms with Gasteiger partial charge in [0, 0.05) is 0 Å². The van der Waals surface area contributed by atoms with Crippen molar-refractivity contribution >= 4 is 12.1 Å². The quantitative estimate of drug-likeness (QED) is 0.862. The highest BCUT2D eigenvalue weighted by Gasteiger charge is 2.31. The fraction of sp³-hybridized carbons (Fsp3) is 0.615. The van der Waals surface area contributed by atoms with Crippen molar-refractivity contribution in [2.75, 3.05) is 0 Å². The smallest absolute Gasteiger partial charge is 0.410 e. The van der Waals surface area contributed by atoms with Crippen LogP contribution < -0.4 is 5.56 Å². The average Bonchev–Trinajstić information content (AvgIpc) is 2.85. The Hall–Kier alpha value is -2.25. The predicted molar refractivity (Wildman–Crippen MR) is 72.8 cm³/mol. The number of carbonyl (C=O) groups is 2. The van der Waals surface area contributed by atoms with E-state index < -0.39 is 17.7 Å². The van der Waals surface area contributed by atoms with E-state index in [2.05, 4.69) is 5.10 Å². The third kappa shape index (κ3) is 3.45. The van der Waals surface area contributed by atoms with Gasteiger partial charge in [-0.1, -0.05) is 0 Å². The van der Waals surface area contributed by atoms with E-state index >= 15 is 0 Å². The van der Waals surface area contributed by atoms with Crippen LogP contribution >= 0.6 is 0 Å². The largest absolute Gasteiger partial charge is 0.481 e. The van der Waals surface area contributed by atoms with Crippen LogP contribution in [0.2, 0.25) is 0 Å². The molecule has 0 radical (unpaired) electrons. The first-order valence-electron chi connectivity index (χ1n) is 6.67. The van der Waals surface area contributed by atoms with Crippen LogP contribution in [0.5, 0.6) is 0 Å². The molecule has 0 saturated heterocycles. The number of aliphatic carboxylic acids is 1. The topological polar surface area (TPSA) is 105 Å². The molecular weight excluding hydrogens is 278 g/mol. The minimum absolute atomic E-state index is 0.0909. The summed E-state index contributed by atoms with van der Waals surface area (Å²) in [6.07, 6.45) is -0.599. The summed E-state index contributed by atoms with van der Waals surface area (Å²) in [5, 5.41) is 11.5.